The highest BCUT2D eigenvalue weighted by atomic mass is 16.2. The number of nitrogens with zero attached hydrogens (tertiary/aromatic N) is 1. The maximum atomic E-state index is 12.2. The second-order valence-corrected chi connectivity index (χ2v) is 4.71. The molecule has 0 radical (unpaired) electrons. The number of hydrogen-bond donors (Lipinski definition) is 0. The first kappa shape index (κ1) is 15.2. The van der Waals surface area contributed by atoms with E-state index in [4.69, 9.17) is 0 Å². The fourth-order valence-electron chi connectivity index (χ4n) is 2.24. The minimum Gasteiger partial charge on any atom is -0.338 e. The normalized spacial score (nSPS) is 14.6. The molecule has 0 aliphatic carbocycles. The van der Waals surface area contributed by atoms with Crippen molar-refractivity contribution in [3.63, 3.8) is 0 Å². The van der Waals surface area contributed by atoms with E-state index in [-0.39, 0.29) is 11.7 Å². The third kappa shape index (κ3) is 4.05. The van der Waals surface area contributed by atoms with Crippen LogP contribution in [-0.2, 0) is 4.79 Å². The molecule has 1 amide bonds. The molecule has 0 aromatic heterocycles. The van der Waals surface area contributed by atoms with Crippen LogP contribution in [0.3, 0.4) is 0 Å². The molecule has 19 heavy (non-hydrogen) atoms. The van der Waals surface area contributed by atoms with Gasteiger partial charge in [-0.2, -0.15) is 0 Å². The van der Waals surface area contributed by atoms with Gasteiger partial charge in [0.05, 0.1) is 0 Å². The quantitative estimate of drug-likeness (QED) is 0.727. The fraction of sp³-hybridized carbons (Fsp3) is 0.375. The van der Waals surface area contributed by atoms with Crippen LogP contribution in [0.1, 0.15) is 34.3 Å². The Kier molecular flexibility index (Phi) is 5.49. The second-order valence-electron chi connectivity index (χ2n) is 4.71. The van der Waals surface area contributed by atoms with E-state index >= 15 is 0 Å². The SMILES string of the molecule is C=C.Cc1cc(C)cc(C(=O)N2CCC(=O)CC2)c1. The molecule has 0 bridgehead atoms. The number of piperidine rings is 1. The standard InChI is InChI=1S/C14H17NO2.C2H4/c1-10-7-11(2)9-12(8-10)14(17)15-5-3-13(16)4-6-15;1-2/h7-9H,3-6H2,1-2H3;1-2H2. The van der Waals surface area contributed by atoms with Crippen LogP contribution in [0.15, 0.2) is 31.4 Å². The molecule has 3 nitrogen and oxygen atoms in total. The number of aryl methyl sites for hydroxylation is 2. The van der Waals surface area contributed by atoms with Gasteiger partial charge in [0.15, 0.2) is 0 Å². The predicted octanol–water partition coefficient (Wildman–Crippen LogP) is 2.91. The van der Waals surface area contributed by atoms with Gasteiger partial charge in [0, 0.05) is 31.5 Å². The Morgan fingerprint density at radius 3 is 2.00 bits per heavy atom. The van der Waals surface area contributed by atoms with Gasteiger partial charge in [0.25, 0.3) is 5.91 Å². The molecule has 0 N–H and O–H groups in total. The number of benzene rings is 1. The van der Waals surface area contributed by atoms with E-state index in [1.807, 2.05) is 26.0 Å². The van der Waals surface area contributed by atoms with Gasteiger partial charge in [-0.3, -0.25) is 9.59 Å². The summed E-state index contributed by atoms with van der Waals surface area (Å²) in [7, 11) is 0. The predicted molar refractivity (Wildman–Crippen MR) is 77.3 cm³/mol. The Bertz CT molecular complexity index is 449. The molecule has 0 spiro atoms. The van der Waals surface area contributed by atoms with Crippen LogP contribution >= 0.6 is 0 Å². The molecule has 1 aliphatic heterocycles. The van der Waals surface area contributed by atoms with Gasteiger partial charge in [0.2, 0.25) is 0 Å². The Labute approximate surface area is 114 Å². The van der Waals surface area contributed by atoms with Crippen LogP contribution in [0.4, 0.5) is 0 Å². The van der Waals surface area contributed by atoms with Crippen LogP contribution < -0.4 is 0 Å². The summed E-state index contributed by atoms with van der Waals surface area (Å²) in [6, 6.07) is 5.87. The Morgan fingerprint density at radius 2 is 1.53 bits per heavy atom. The second kappa shape index (κ2) is 6.88. The van der Waals surface area contributed by atoms with Gasteiger partial charge in [0.1, 0.15) is 5.78 Å². The molecule has 0 unspecified atom stereocenters. The summed E-state index contributed by atoms with van der Waals surface area (Å²) in [5, 5.41) is 0. The molecule has 1 heterocycles. The van der Waals surface area contributed by atoms with Gasteiger partial charge in [-0.15, -0.1) is 13.2 Å². The molecule has 1 aliphatic rings. The molecular weight excluding hydrogens is 238 g/mol. The van der Waals surface area contributed by atoms with Crippen molar-refractivity contribution in [1.29, 1.82) is 0 Å². The minimum absolute atomic E-state index is 0.0456. The molecule has 1 aromatic rings. The number of likely N-dealkylation sites (tertiary alicyclic amines) is 1. The van der Waals surface area contributed by atoms with Crippen LogP contribution in [0.5, 0.6) is 0 Å². The fourth-order valence-corrected chi connectivity index (χ4v) is 2.24. The number of rotatable bonds is 1. The third-order valence-corrected chi connectivity index (χ3v) is 3.08. The summed E-state index contributed by atoms with van der Waals surface area (Å²) < 4.78 is 0. The molecule has 0 saturated carbocycles. The zero-order valence-corrected chi connectivity index (χ0v) is 11.7. The van der Waals surface area contributed by atoms with Crippen molar-refractivity contribution in [1.82, 2.24) is 4.90 Å². The molecule has 3 heteroatoms. The Morgan fingerprint density at radius 1 is 1.05 bits per heavy atom. The van der Waals surface area contributed by atoms with Gasteiger partial charge >= 0.3 is 0 Å². The third-order valence-electron chi connectivity index (χ3n) is 3.08. The van der Waals surface area contributed by atoms with Gasteiger partial charge in [-0.25, -0.2) is 0 Å². The van der Waals surface area contributed by atoms with Crippen molar-refractivity contribution >= 4 is 11.7 Å². The monoisotopic (exact) mass is 259 g/mol. The summed E-state index contributed by atoms with van der Waals surface area (Å²) in [6.45, 7) is 11.1. The Balaban J connectivity index is 0.000000861. The summed E-state index contributed by atoms with van der Waals surface area (Å²) in [6.07, 6.45) is 0.993. The highest BCUT2D eigenvalue weighted by Crippen LogP contribution is 2.14. The van der Waals surface area contributed by atoms with Gasteiger partial charge in [-0.05, 0) is 26.0 Å². The van der Waals surface area contributed by atoms with Crippen molar-refractivity contribution < 1.29 is 9.59 Å². The first-order valence-electron chi connectivity index (χ1n) is 6.45. The first-order chi connectivity index (χ1) is 9.06. The molecule has 2 rings (SSSR count). The summed E-state index contributed by atoms with van der Waals surface area (Å²) in [4.78, 5) is 25.1. The molecule has 1 fully saturated rings. The van der Waals surface area contributed by atoms with Crippen LogP contribution in [0, 0.1) is 13.8 Å². The van der Waals surface area contributed by atoms with Gasteiger partial charge in [-0.1, -0.05) is 17.2 Å². The number of amides is 1. The van der Waals surface area contributed by atoms with E-state index in [9.17, 15) is 9.59 Å². The molecule has 102 valence electrons. The lowest BCUT2D eigenvalue weighted by atomic mass is 10.0. The maximum absolute atomic E-state index is 12.2. The number of carbonyl (C=O) groups excluding carboxylic acids is 2. The zero-order valence-electron chi connectivity index (χ0n) is 11.7. The number of carbonyl (C=O) groups is 2. The van der Waals surface area contributed by atoms with E-state index in [2.05, 4.69) is 19.2 Å². The Hall–Kier alpha value is -1.90. The van der Waals surface area contributed by atoms with E-state index in [0.717, 1.165) is 16.7 Å². The summed E-state index contributed by atoms with van der Waals surface area (Å²) in [5.74, 6) is 0.304. The number of ketones is 1. The van der Waals surface area contributed by atoms with Crippen LogP contribution in [-0.4, -0.2) is 29.7 Å². The van der Waals surface area contributed by atoms with E-state index < -0.39 is 0 Å². The average Bonchev–Trinajstić information content (AvgIpc) is 2.40. The van der Waals surface area contributed by atoms with Gasteiger partial charge < -0.3 is 4.90 Å². The lowest BCUT2D eigenvalue weighted by Gasteiger charge is -2.26. The lowest BCUT2D eigenvalue weighted by molar-refractivity contribution is -0.120. The van der Waals surface area contributed by atoms with E-state index in [1.165, 1.54) is 0 Å². The van der Waals surface area contributed by atoms with Crippen molar-refractivity contribution in [3.8, 4) is 0 Å². The lowest BCUT2D eigenvalue weighted by Crippen LogP contribution is -2.38. The van der Waals surface area contributed by atoms with Crippen LogP contribution in [0.2, 0.25) is 0 Å². The maximum Gasteiger partial charge on any atom is 0.253 e. The molecule has 1 aromatic carbocycles. The van der Waals surface area contributed by atoms with E-state index in [0.29, 0.717) is 25.9 Å². The molecular formula is C16H21NO2. The van der Waals surface area contributed by atoms with Crippen molar-refractivity contribution in [3.05, 3.63) is 48.0 Å². The molecule has 0 atom stereocenters. The zero-order chi connectivity index (χ0) is 14.4. The highest BCUT2D eigenvalue weighted by molar-refractivity contribution is 5.95. The van der Waals surface area contributed by atoms with E-state index in [1.54, 1.807) is 4.90 Å². The van der Waals surface area contributed by atoms with Crippen molar-refractivity contribution in [2.45, 2.75) is 26.7 Å². The minimum atomic E-state index is 0.0456. The van der Waals surface area contributed by atoms with Crippen molar-refractivity contribution in [2.75, 3.05) is 13.1 Å². The largest absolute Gasteiger partial charge is 0.338 e. The molecule has 1 saturated heterocycles. The summed E-state index contributed by atoms with van der Waals surface area (Å²) >= 11 is 0. The average molecular weight is 259 g/mol. The smallest absolute Gasteiger partial charge is 0.253 e. The van der Waals surface area contributed by atoms with Crippen LogP contribution in [0.25, 0.3) is 0 Å². The topological polar surface area (TPSA) is 37.4 Å². The number of hydrogen-bond acceptors (Lipinski definition) is 2. The highest BCUT2D eigenvalue weighted by Gasteiger charge is 2.21. The number of Topliss-reactive ketones (excluding diaryl/α,β-unsaturated/α-hetero) is 1. The first-order valence-corrected chi connectivity index (χ1v) is 6.45. The summed E-state index contributed by atoms with van der Waals surface area (Å²) in [5.41, 5.74) is 2.93. The van der Waals surface area contributed by atoms with Crippen molar-refractivity contribution in [2.24, 2.45) is 0 Å².